The van der Waals surface area contributed by atoms with Crippen LogP contribution in [0, 0.1) is 0 Å². The molecule has 9 heteroatoms. The van der Waals surface area contributed by atoms with Gasteiger partial charge in [-0.2, -0.15) is 4.31 Å². The van der Waals surface area contributed by atoms with Crippen LogP contribution in [0.3, 0.4) is 0 Å². The lowest BCUT2D eigenvalue weighted by Crippen LogP contribution is -2.32. The average molecular weight is 491 g/mol. The monoisotopic (exact) mass is 490 g/mol. The van der Waals surface area contributed by atoms with Crippen LogP contribution in [-0.2, 0) is 14.8 Å². The van der Waals surface area contributed by atoms with Crippen molar-refractivity contribution in [2.24, 2.45) is 0 Å². The molecule has 0 spiro atoms. The van der Waals surface area contributed by atoms with Crippen LogP contribution in [0.1, 0.15) is 45.4 Å². The van der Waals surface area contributed by atoms with Gasteiger partial charge >= 0.3 is 0 Å². The summed E-state index contributed by atoms with van der Waals surface area (Å²) >= 11 is 0. The molecule has 34 heavy (non-hydrogen) atoms. The maximum atomic E-state index is 13.1. The predicted octanol–water partition coefficient (Wildman–Crippen LogP) is 4.46. The molecular formula is C25H34N2O6S. The zero-order chi connectivity index (χ0) is 24.4. The first-order valence-corrected chi connectivity index (χ1v) is 13.2. The fraction of sp³-hybridized carbons (Fsp3) is 0.480. The summed E-state index contributed by atoms with van der Waals surface area (Å²) in [6.07, 6.45) is 4.53. The lowest BCUT2D eigenvalue weighted by Gasteiger charge is -2.21. The smallest absolute Gasteiger partial charge is 0.243 e. The second-order valence-electron chi connectivity index (χ2n) is 8.08. The van der Waals surface area contributed by atoms with E-state index in [1.165, 1.54) is 23.5 Å². The van der Waals surface area contributed by atoms with Gasteiger partial charge in [0.2, 0.25) is 15.9 Å². The van der Waals surface area contributed by atoms with E-state index in [4.69, 9.17) is 14.2 Å². The van der Waals surface area contributed by atoms with Gasteiger partial charge in [-0.1, -0.05) is 12.8 Å². The Morgan fingerprint density at radius 1 is 0.971 bits per heavy atom. The molecule has 0 aromatic heterocycles. The molecule has 2 aromatic carbocycles. The molecule has 0 bridgehead atoms. The quantitative estimate of drug-likeness (QED) is 0.468. The molecule has 0 atom stereocenters. The number of carbonyl (C=O) groups excluding carboxylic acids is 1. The third-order valence-electron chi connectivity index (χ3n) is 5.60. The van der Waals surface area contributed by atoms with Crippen molar-refractivity contribution < 1.29 is 27.4 Å². The summed E-state index contributed by atoms with van der Waals surface area (Å²) in [4.78, 5) is 12.7. The number of ether oxygens (including phenoxy) is 3. The van der Waals surface area contributed by atoms with Gasteiger partial charge in [0.25, 0.3) is 0 Å². The minimum absolute atomic E-state index is 0.157. The Balaban J connectivity index is 1.56. The molecule has 0 radical (unpaired) electrons. The van der Waals surface area contributed by atoms with Gasteiger partial charge in [-0.3, -0.25) is 4.79 Å². The molecule has 2 aromatic rings. The number of sulfonamides is 1. The van der Waals surface area contributed by atoms with Gasteiger partial charge in [-0.05, 0) is 68.7 Å². The molecule has 1 heterocycles. The maximum absolute atomic E-state index is 13.1. The molecule has 0 saturated carbocycles. The van der Waals surface area contributed by atoms with Crippen molar-refractivity contribution in [1.82, 2.24) is 4.31 Å². The van der Waals surface area contributed by atoms with Crippen LogP contribution in [-0.4, -0.2) is 52.0 Å². The van der Waals surface area contributed by atoms with Crippen molar-refractivity contribution in [3.63, 3.8) is 0 Å². The van der Waals surface area contributed by atoms with Crippen molar-refractivity contribution in [3.05, 3.63) is 42.5 Å². The normalized spacial score (nSPS) is 14.8. The van der Waals surface area contributed by atoms with Gasteiger partial charge in [0.05, 0.1) is 30.9 Å². The van der Waals surface area contributed by atoms with Gasteiger partial charge in [0.15, 0.2) is 0 Å². The van der Waals surface area contributed by atoms with Crippen LogP contribution in [0.4, 0.5) is 5.69 Å². The number of methoxy groups -OCH3 is 1. The minimum Gasteiger partial charge on any atom is -0.495 e. The second kappa shape index (κ2) is 12.6. The molecule has 1 aliphatic heterocycles. The fourth-order valence-electron chi connectivity index (χ4n) is 3.81. The van der Waals surface area contributed by atoms with Crippen molar-refractivity contribution in [3.8, 4) is 17.2 Å². The molecule has 3 rings (SSSR count). The number of nitrogens with one attached hydrogen (secondary N) is 1. The Bertz CT molecular complexity index is 1030. The summed E-state index contributed by atoms with van der Waals surface area (Å²) in [6, 6.07) is 11.9. The molecule has 8 nitrogen and oxygen atoms in total. The zero-order valence-corrected chi connectivity index (χ0v) is 20.7. The summed E-state index contributed by atoms with van der Waals surface area (Å²) in [7, 11) is -2.14. The third kappa shape index (κ3) is 7.11. The molecule has 0 unspecified atom stereocenters. The fourth-order valence-corrected chi connectivity index (χ4v) is 5.35. The number of carbonyl (C=O) groups is 1. The highest BCUT2D eigenvalue weighted by Gasteiger charge is 2.26. The predicted molar refractivity (Wildman–Crippen MR) is 131 cm³/mol. The van der Waals surface area contributed by atoms with Crippen molar-refractivity contribution in [1.29, 1.82) is 0 Å². The molecule has 1 aliphatic rings. The summed E-state index contributed by atoms with van der Waals surface area (Å²) in [5.74, 6) is 1.66. The molecular weight excluding hydrogens is 456 g/mol. The van der Waals surface area contributed by atoms with Crippen molar-refractivity contribution in [2.75, 3.05) is 38.7 Å². The number of anilines is 1. The Hall–Kier alpha value is -2.78. The van der Waals surface area contributed by atoms with E-state index < -0.39 is 10.0 Å². The number of rotatable bonds is 11. The number of nitrogens with zero attached hydrogens (tertiary/aromatic N) is 1. The first-order valence-electron chi connectivity index (χ1n) is 11.8. The van der Waals surface area contributed by atoms with E-state index in [0.717, 1.165) is 31.4 Å². The molecule has 0 aliphatic carbocycles. The first-order chi connectivity index (χ1) is 16.4. The topological polar surface area (TPSA) is 94.2 Å². The summed E-state index contributed by atoms with van der Waals surface area (Å²) in [5.41, 5.74) is 0.343. The van der Waals surface area contributed by atoms with Crippen LogP contribution in [0.25, 0.3) is 0 Å². The lowest BCUT2D eigenvalue weighted by molar-refractivity contribution is -0.116. The van der Waals surface area contributed by atoms with Crippen LogP contribution < -0.4 is 19.5 Å². The Morgan fingerprint density at radius 3 is 2.24 bits per heavy atom. The highest BCUT2D eigenvalue weighted by molar-refractivity contribution is 7.89. The van der Waals surface area contributed by atoms with E-state index in [0.29, 0.717) is 49.9 Å². The summed E-state index contributed by atoms with van der Waals surface area (Å²) in [5, 5.41) is 2.79. The lowest BCUT2D eigenvalue weighted by atomic mass is 10.2. The van der Waals surface area contributed by atoms with Crippen molar-refractivity contribution in [2.45, 2.75) is 50.3 Å². The number of amides is 1. The van der Waals surface area contributed by atoms with E-state index >= 15 is 0 Å². The molecule has 1 saturated heterocycles. The number of hydrogen-bond acceptors (Lipinski definition) is 6. The van der Waals surface area contributed by atoms with E-state index in [2.05, 4.69) is 5.32 Å². The molecule has 1 N–H and O–H groups in total. The van der Waals surface area contributed by atoms with E-state index in [-0.39, 0.29) is 17.2 Å². The Labute approximate surface area is 202 Å². The second-order valence-corrected chi connectivity index (χ2v) is 10.0. The SMILES string of the molecule is CCOc1ccc(OCCCC(=O)Nc2cc(S(=O)(=O)N3CCCCCC3)ccc2OC)cc1. The largest absolute Gasteiger partial charge is 0.495 e. The van der Waals surface area contributed by atoms with Gasteiger partial charge in [0, 0.05) is 19.5 Å². The van der Waals surface area contributed by atoms with Gasteiger partial charge < -0.3 is 19.5 Å². The van der Waals surface area contributed by atoms with Gasteiger partial charge in [0.1, 0.15) is 17.2 Å². The van der Waals surface area contributed by atoms with E-state index in [1.54, 1.807) is 6.07 Å². The average Bonchev–Trinajstić information content (AvgIpc) is 3.13. The molecule has 186 valence electrons. The zero-order valence-electron chi connectivity index (χ0n) is 19.9. The van der Waals surface area contributed by atoms with Crippen LogP contribution in [0.2, 0.25) is 0 Å². The van der Waals surface area contributed by atoms with Crippen molar-refractivity contribution >= 4 is 21.6 Å². The minimum atomic E-state index is -3.63. The third-order valence-corrected chi connectivity index (χ3v) is 7.49. The van der Waals surface area contributed by atoms with E-state index in [1.807, 2.05) is 31.2 Å². The van der Waals surface area contributed by atoms with E-state index in [9.17, 15) is 13.2 Å². The molecule has 1 fully saturated rings. The molecule has 1 amide bonds. The highest BCUT2D eigenvalue weighted by atomic mass is 32.2. The highest BCUT2D eigenvalue weighted by Crippen LogP contribution is 2.30. The Morgan fingerprint density at radius 2 is 1.62 bits per heavy atom. The van der Waals surface area contributed by atoms with Gasteiger partial charge in [-0.15, -0.1) is 0 Å². The summed E-state index contributed by atoms with van der Waals surface area (Å²) in [6.45, 7) is 3.94. The standard InChI is InChI=1S/C25H34N2O6S/c1-3-32-20-10-12-21(13-11-20)33-18-8-9-25(28)26-23-19-22(14-15-24(23)31-2)34(29,30)27-16-6-4-5-7-17-27/h10-15,19H,3-9,16-18H2,1-2H3,(H,26,28). The van der Waals surface area contributed by atoms with Crippen LogP contribution in [0.5, 0.6) is 17.2 Å². The first kappa shape index (κ1) is 25.8. The number of benzene rings is 2. The number of hydrogen-bond donors (Lipinski definition) is 1. The van der Waals surface area contributed by atoms with Crippen LogP contribution in [0.15, 0.2) is 47.4 Å². The summed E-state index contributed by atoms with van der Waals surface area (Å²) < 4.78 is 44.2. The maximum Gasteiger partial charge on any atom is 0.243 e. The Kier molecular flexibility index (Phi) is 9.59. The van der Waals surface area contributed by atoms with Gasteiger partial charge in [-0.25, -0.2) is 8.42 Å². The van der Waals surface area contributed by atoms with Crippen LogP contribution >= 0.6 is 0 Å².